The van der Waals surface area contributed by atoms with Crippen LogP contribution in [-0.2, 0) is 16.1 Å². The second-order valence-electron chi connectivity index (χ2n) is 6.05. The summed E-state index contributed by atoms with van der Waals surface area (Å²) in [5.74, 6) is 0.163. The van der Waals surface area contributed by atoms with Crippen molar-refractivity contribution in [3.05, 3.63) is 48.6 Å². The quantitative estimate of drug-likeness (QED) is 0.791. The minimum absolute atomic E-state index is 0.0805. The van der Waals surface area contributed by atoms with Crippen molar-refractivity contribution in [2.75, 3.05) is 6.61 Å². The molecule has 4 heteroatoms. The Morgan fingerprint density at radius 2 is 1.55 bits per heavy atom. The lowest BCUT2D eigenvalue weighted by Crippen LogP contribution is -2.58. The average Bonchev–Trinajstić information content (AvgIpc) is 2.54. The first-order valence-corrected chi connectivity index (χ1v) is 7.80. The third-order valence-electron chi connectivity index (χ3n) is 4.58. The fraction of sp³-hybridized carbons (Fsp3) is 0.556. The van der Waals surface area contributed by atoms with Gasteiger partial charge in [0.2, 0.25) is 0 Å². The van der Waals surface area contributed by atoms with Crippen molar-refractivity contribution in [3.63, 3.8) is 0 Å². The Kier molecular flexibility index (Phi) is 6.15. The molecule has 0 spiro atoms. The van der Waals surface area contributed by atoms with Gasteiger partial charge in [-0.15, -0.1) is 6.58 Å². The van der Waals surface area contributed by atoms with Crippen LogP contribution in [0.25, 0.3) is 0 Å². The highest BCUT2D eigenvalue weighted by Gasteiger charge is 2.47. The van der Waals surface area contributed by atoms with E-state index in [1.54, 1.807) is 6.08 Å². The molecule has 22 heavy (non-hydrogen) atoms. The van der Waals surface area contributed by atoms with Crippen LogP contribution in [0.3, 0.4) is 0 Å². The number of aliphatic hydroxyl groups excluding tert-OH is 2. The molecule has 1 aromatic rings. The molecule has 0 saturated heterocycles. The minimum Gasteiger partial charge on any atom is -0.388 e. The number of aliphatic hydroxyl groups is 2. The van der Waals surface area contributed by atoms with Crippen molar-refractivity contribution in [1.82, 2.24) is 0 Å². The zero-order valence-electron chi connectivity index (χ0n) is 13.3. The Hall–Kier alpha value is -1.20. The predicted octanol–water partition coefficient (Wildman–Crippen LogP) is 2.15. The molecule has 0 radical (unpaired) electrons. The summed E-state index contributed by atoms with van der Waals surface area (Å²) in [4.78, 5) is 0. The van der Waals surface area contributed by atoms with Gasteiger partial charge < -0.3 is 19.7 Å². The topological polar surface area (TPSA) is 58.9 Å². The highest BCUT2D eigenvalue weighted by molar-refractivity contribution is 5.13. The molecule has 122 valence electrons. The number of hydrogen-bond donors (Lipinski definition) is 2. The molecule has 4 nitrogen and oxygen atoms in total. The monoisotopic (exact) mass is 306 g/mol. The summed E-state index contributed by atoms with van der Waals surface area (Å²) in [5.41, 5.74) is 1.05. The van der Waals surface area contributed by atoms with Crippen molar-refractivity contribution in [1.29, 1.82) is 0 Å². The van der Waals surface area contributed by atoms with Crippen LogP contribution in [0.4, 0.5) is 0 Å². The first-order chi connectivity index (χ1) is 10.6. The van der Waals surface area contributed by atoms with Gasteiger partial charge in [0, 0.05) is 0 Å². The molecular weight excluding hydrogens is 280 g/mol. The molecule has 0 aromatic heterocycles. The predicted molar refractivity (Wildman–Crippen MR) is 85.3 cm³/mol. The number of hydrogen-bond acceptors (Lipinski definition) is 4. The smallest absolute Gasteiger partial charge is 0.109 e. The molecule has 0 aliphatic heterocycles. The van der Waals surface area contributed by atoms with Crippen LogP contribution in [0.15, 0.2) is 43.0 Å². The average molecular weight is 306 g/mol. The second-order valence-corrected chi connectivity index (χ2v) is 6.05. The van der Waals surface area contributed by atoms with E-state index in [9.17, 15) is 10.2 Å². The largest absolute Gasteiger partial charge is 0.388 e. The normalized spacial score (nSPS) is 35.3. The first-order valence-electron chi connectivity index (χ1n) is 7.80. The summed E-state index contributed by atoms with van der Waals surface area (Å²) in [5, 5.41) is 20.7. The number of benzene rings is 1. The number of ether oxygens (including phenoxy) is 2. The van der Waals surface area contributed by atoms with Gasteiger partial charge in [0.1, 0.15) is 12.2 Å². The van der Waals surface area contributed by atoms with Gasteiger partial charge in [-0.2, -0.15) is 0 Å². The van der Waals surface area contributed by atoms with Crippen LogP contribution in [0.2, 0.25) is 0 Å². The van der Waals surface area contributed by atoms with Gasteiger partial charge in [0.15, 0.2) is 0 Å². The highest BCUT2D eigenvalue weighted by Crippen LogP contribution is 2.34. The van der Waals surface area contributed by atoms with Gasteiger partial charge in [-0.3, -0.25) is 0 Å². The fourth-order valence-electron chi connectivity index (χ4n) is 3.06. The van der Waals surface area contributed by atoms with E-state index in [0.717, 1.165) is 5.56 Å². The van der Waals surface area contributed by atoms with E-state index in [-0.39, 0.29) is 11.8 Å². The lowest BCUT2D eigenvalue weighted by atomic mass is 9.74. The van der Waals surface area contributed by atoms with Gasteiger partial charge in [0.05, 0.1) is 25.4 Å². The summed E-state index contributed by atoms with van der Waals surface area (Å²) in [6.07, 6.45) is -1.07. The van der Waals surface area contributed by atoms with Crippen LogP contribution >= 0.6 is 0 Å². The molecule has 6 unspecified atom stereocenters. The van der Waals surface area contributed by atoms with Crippen LogP contribution in [0.1, 0.15) is 19.4 Å². The zero-order chi connectivity index (χ0) is 16.1. The lowest BCUT2D eigenvalue weighted by Gasteiger charge is -2.45. The third-order valence-corrected chi connectivity index (χ3v) is 4.58. The Labute approximate surface area is 132 Å². The van der Waals surface area contributed by atoms with Crippen LogP contribution < -0.4 is 0 Å². The van der Waals surface area contributed by atoms with Crippen molar-refractivity contribution >= 4 is 0 Å². The van der Waals surface area contributed by atoms with E-state index in [4.69, 9.17) is 9.47 Å². The lowest BCUT2D eigenvalue weighted by molar-refractivity contribution is -0.206. The summed E-state index contributed by atoms with van der Waals surface area (Å²) in [6, 6.07) is 9.83. The molecule has 1 saturated carbocycles. The highest BCUT2D eigenvalue weighted by atomic mass is 16.5. The maximum Gasteiger partial charge on any atom is 0.109 e. The Morgan fingerprint density at radius 3 is 2.09 bits per heavy atom. The van der Waals surface area contributed by atoms with Gasteiger partial charge in [-0.05, 0) is 17.4 Å². The SMILES string of the molecule is C=CCOC1C(C)C(C)C(OCc2ccccc2)C(O)C1O. The zero-order valence-corrected chi connectivity index (χ0v) is 13.3. The molecule has 1 aromatic carbocycles. The number of rotatable bonds is 6. The van der Waals surface area contributed by atoms with Gasteiger partial charge in [-0.1, -0.05) is 50.3 Å². The Morgan fingerprint density at radius 1 is 1.00 bits per heavy atom. The van der Waals surface area contributed by atoms with E-state index < -0.39 is 24.4 Å². The van der Waals surface area contributed by atoms with Gasteiger partial charge in [-0.25, -0.2) is 0 Å². The molecule has 6 atom stereocenters. The van der Waals surface area contributed by atoms with E-state index in [0.29, 0.717) is 13.2 Å². The molecule has 2 N–H and O–H groups in total. The van der Waals surface area contributed by atoms with Crippen molar-refractivity contribution in [2.24, 2.45) is 11.8 Å². The van der Waals surface area contributed by atoms with E-state index in [2.05, 4.69) is 6.58 Å². The summed E-state index contributed by atoms with van der Waals surface area (Å²) in [7, 11) is 0. The molecule has 0 bridgehead atoms. The van der Waals surface area contributed by atoms with Gasteiger partial charge in [0.25, 0.3) is 0 Å². The molecule has 1 fully saturated rings. The van der Waals surface area contributed by atoms with E-state index >= 15 is 0 Å². The van der Waals surface area contributed by atoms with Crippen LogP contribution in [0, 0.1) is 11.8 Å². The molecule has 2 rings (SSSR count). The molecule has 1 aliphatic rings. The van der Waals surface area contributed by atoms with Crippen LogP contribution in [-0.4, -0.2) is 41.2 Å². The molecule has 0 amide bonds. The van der Waals surface area contributed by atoms with E-state index in [1.807, 2.05) is 44.2 Å². The first kappa shape index (κ1) is 17.2. The van der Waals surface area contributed by atoms with E-state index in [1.165, 1.54) is 0 Å². The van der Waals surface area contributed by atoms with Crippen molar-refractivity contribution in [3.8, 4) is 0 Å². The summed E-state index contributed by atoms with van der Waals surface area (Å²) >= 11 is 0. The van der Waals surface area contributed by atoms with Crippen molar-refractivity contribution in [2.45, 2.75) is 44.9 Å². The molecule has 1 aliphatic carbocycles. The summed E-state index contributed by atoms with van der Waals surface area (Å²) < 4.78 is 11.5. The standard InChI is InChI=1S/C18H26O4/c1-4-10-21-17-12(2)13(3)18(16(20)15(17)19)22-11-14-8-6-5-7-9-14/h4-9,12-13,15-20H,1,10-11H2,2-3H3. The maximum absolute atomic E-state index is 10.4. The fourth-order valence-corrected chi connectivity index (χ4v) is 3.06. The van der Waals surface area contributed by atoms with Crippen LogP contribution in [0.5, 0.6) is 0 Å². The second kappa shape index (κ2) is 7.88. The maximum atomic E-state index is 10.4. The van der Waals surface area contributed by atoms with Gasteiger partial charge >= 0.3 is 0 Å². The minimum atomic E-state index is -0.954. The molecule has 0 heterocycles. The van der Waals surface area contributed by atoms with Crippen molar-refractivity contribution < 1.29 is 19.7 Å². The third kappa shape index (κ3) is 3.76. The summed E-state index contributed by atoms with van der Waals surface area (Å²) in [6.45, 7) is 8.45. The molecular formula is C18H26O4. The Balaban J connectivity index is 2.01. The Bertz CT molecular complexity index is 445.